The van der Waals surface area contributed by atoms with Crippen LogP contribution in [0.3, 0.4) is 0 Å². The standard InChI is InChI=1S/C13H18N4O2/c1-8-11(18)16-13(3,4)12(19)17(8)7-10-5-6-14-9(2)15-10/h5-6,8H,7H2,1-4H3,(H,16,18). The van der Waals surface area contributed by atoms with Crippen LogP contribution in [0.25, 0.3) is 0 Å². The second kappa shape index (κ2) is 4.60. The van der Waals surface area contributed by atoms with Crippen molar-refractivity contribution in [3.05, 3.63) is 23.8 Å². The lowest BCUT2D eigenvalue weighted by molar-refractivity contribution is -0.153. The minimum atomic E-state index is -0.869. The molecule has 19 heavy (non-hydrogen) atoms. The van der Waals surface area contributed by atoms with Gasteiger partial charge in [0.15, 0.2) is 0 Å². The molecule has 0 bridgehead atoms. The Morgan fingerprint density at radius 3 is 2.74 bits per heavy atom. The lowest BCUT2D eigenvalue weighted by atomic mass is 9.97. The smallest absolute Gasteiger partial charge is 0.248 e. The van der Waals surface area contributed by atoms with Crippen molar-refractivity contribution in [1.82, 2.24) is 20.2 Å². The summed E-state index contributed by atoms with van der Waals surface area (Å²) in [6.07, 6.45) is 1.65. The van der Waals surface area contributed by atoms with Gasteiger partial charge in [-0.15, -0.1) is 0 Å². The molecule has 1 saturated heterocycles. The van der Waals surface area contributed by atoms with Crippen molar-refractivity contribution < 1.29 is 9.59 Å². The lowest BCUT2D eigenvalue weighted by Crippen LogP contribution is -2.67. The van der Waals surface area contributed by atoms with E-state index in [0.717, 1.165) is 5.69 Å². The second-order valence-corrected chi connectivity index (χ2v) is 5.32. The zero-order valence-electron chi connectivity index (χ0n) is 11.6. The fourth-order valence-electron chi connectivity index (χ4n) is 2.12. The Bertz CT molecular complexity index is 527. The van der Waals surface area contributed by atoms with E-state index >= 15 is 0 Å². The third-order valence-corrected chi connectivity index (χ3v) is 3.24. The normalized spacial score (nSPS) is 22.3. The first-order chi connectivity index (χ1) is 8.81. The highest BCUT2D eigenvalue weighted by Crippen LogP contribution is 2.19. The minimum Gasteiger partial charge on any atom is -0.340 e. The molecule has 2 heterocycles. The molecule has 1 N–H and O–H groups in total. The van der Waals surface area contributed by atoms with Crippen LogP contribution in [-0.2, 0) is 16.1 Å². The van der Waals surface area contributed by atoms with Crippen LogP contribution in [-0.4, -0.2) is 38.3 Å². The maximum absolute atomic E-state index is 12.4. The summed E-state index contributed by atoms with van der Waals surface area (Å²) < 4.78 is 0. The van der Waals surface area contributed by atoms with Gasteiger partial charge in [-0.1, -0.05) is 0 Å². The van der Waals surface area contributed by atoms with Crippen LogP contribution in [0.2, 0.25) is 0 Å². The van der Waals surface area contributed by atoms with Gasteiger partial charge >= 0.3 is 0 Å². The summed E-state index contributed by atoms with van der Waals surface area (Å²) >= 11 is 0. The molecule has 0 saturated carbocycles. The average Bonchev–Trinajstić information content (AvgIpc) is 2.32. The van der Waals surface area contributed by atoms with Crippen LogP contribution in [0.4, 0.5) is 0 Å². The van der Waals surface area contributed by atoms with E-state index in [-0.39, 0.29) is 11.8 Å². The first-order valence-corrected chi connectivity index (χ1v) is 6.23. The van der Waals surface area contributed by atoms with Gasteiger partial charge in [-0.3, -0.25) is 9.59 Å². The van der Waals surface area contributed by atoms with Crippen LogP contribution in [0.1, 0.15) is 32.3 Å². The van der Waals surface area contributed by atoms with E-state index in [1.807, 2.05) is 0 Å². The Morgan fingerprint density at radius 2 is 2.11 bits per heavy atom. The van der Waals surface area contributed by atoms with Gasteiger partial charge in [0.2, 0.25) is 11.8 Å². The molecule has 1 aliphatic rings. The number of aromatic nitrogens is 2. The van der Waals surface area contributed by atoms with Gasteiger partial charge in [0.05, 0.1) is 12.2 Å². The SMILES string of the molecule is Cc1nccc(CN2C(=O)C(C)(C)NC(=O)C2C)n1. The molecule has 1 atom stereocenters. The zero-order chi connectivity index (χ0) is 14.2. The molecule has 1 aromatic heterocycles. The number of piperazine rings is 1. The number of carbonyl (C=O) groups excluding carboxylic acids is 2. The first kappa shape index (κ1) is 13.5. The summed E-state index contributed by atoms with van der Waals surface area (Å²) in [6, 6.07) is 1.27. The molecular weight excluding hydrogens is 244 g/mol. The Kier molecular flexibility index (Phi) is 3.26. The molecule has 1 aliphatic heterocycles. The molecule has 0 aromatic carbocycles. The Hall–Kier alpha value is -1.98. The van der Waals surface area contributed by atoms with E-state index in [2.05, 4.69) is 15.3 Å². The van der Waals surface area contributed by atoms with E-state index < -0.39 is 11.6 Å². The third kappa shape index (κ3) is 2.57. The monoisotopic (exact) mass is 262 g/mol. The molecule has 2 rings (SSSR count). The van der Waals surface area contributed by atoms with Crippen molar-refractivity contribution in [2.75, 3.05) is 0 Å². The summed E-state index contributed by atoms with van der Waals surface area (Å²) in [7, 11) is 0. The van der Waals surface area contributed by atoms with Crippen LogP contribution in [0, 0.1) is 6.92 Å². The van der Waals surface area contributed by atoms with Crippen LogP contribution < -0.4 is 5.32 Å². The van der Waals surface area contributed by atoms with Crippen molar-refractivity contribution in [3.8, 4) is 0 Å². The largest absolute Gasteiger partial charge is 0.340 e. The molecule has 6 heteroatoms. The number of aryl methyl sites for hydroxylation is 1. The number of rotatable bonds is 2. The number of amides is 2. The maximum Gasteiger partial charge on any atom is 0.248 e. The summed E-state index contributed by atoms with van der Waals surface area (Å²) in [6.45, 7) is 7.24. The fraction of sp³-hybridized carbons (Fsp3) is 0.538. The molecule has 0 radical (unpaired) electrons. The first-order valence-electron chi connectivity index (χ1n) is 6.23. The van der Waals surface area contributed by atoms with Gasteiger partial charge < -0.3 is 10.2 Å². The van der Waals surface area contributed by atoms with Gasteiger partial charge in [-0.2, -0.15) is 0 Å². The van der Waals surface area contributed by atoms with Gasteiger partial charge in [-0.25, -0.2) is 9.97 Å². The highest BCUT2D eigenvalue weighted by atomic mass is 16.2. The average molecular weight is 262 g/mol. The van der Waals surface area contributed by atoms with Crippen LogP contribution in [0.15, 0.2) is 12.3 Å². The molecule has 1 unspecified atom stereocenters. The summed E-state index contributed by atoms with van der Waals surface area (Å²) in [4.78, 5) is 34.1. The predicted molar refractivity (Wildman–Crippen MR) is 69.0 cm³/mol. The van der Waals surface area contributed by atoms with Gasteiger partial charge in [0, 0.05) is 6.20 Å². The lowest BCUT2D eigenvalue weighted by Gasteiger charge is -2.41. The number of hydrogen-bond acceptors (Lipinski definition) is 4. The fourth-order valence-corrected chi connectivity index (χ4v) is 2.12. The Morgan fingerprint density at radius 1 is 1.42 bits per heavy atom. The van der Waals surface area contributed by atoms with Gasteiger partial charge in [-0.05, 0) is 33.8 Å². The topological polar surface area (TPSA) is 75.2 Å². The van der Waals surface area contributed by atoms with Crippen molar-refractivity contribution in [1.29, 1.82) is 0 Å². The predicted octanol–water partition coefficient (Wildman–Crippen LogP) is 0.411. The van der Waals surface area contributed by atoms with Gasteiger partial charge in [0.1, 0.15) is 17.4 Å². The Balaban J connectivity index is 2.26. The van der Waals surface area contributed by atoms with Gasteiger partial charge in [0.25, 0.3) is 0 Å². The van der Waals surface area contributed by atoms with E-state index in [0.29, 0.717) is 12.4 Å². The maximum atomic E-state index is 12.4. The minimum absolute atomic E-state index is 0.101. The quantitative estimate of drug-likeness (QED) is 0.837. The van der Waals surface area contributed by atoms with Crippen LogP contribution in [0.5, 0.6) is 0 Å². The number of carbonyl (C=O) groups is 2. The van der Waals surface area contributed by atoms with E-state index in [1.165, 1.54) is 0 Å². The molecule has 1 aromatic rings. The zero-order valence-corrected chi connectivity index (χ0v) is 11.6. The summed E-state index contributed by atoms with van der Waals surface area (Å²) in [5.41, 5.74) is -0.135. The molecular formula is C13H18N4O2. The van der Waals surface area contributed by atoms with Crippen molar-refractivity contribution in [2.24, 2.45) is 0 Å². The molecule has 6 nitrogen and oxygen atoms in total. The molecule has 1 fully saturated rings. The Labute approximate surface area is 112 Å². The van der Waals surface area contributed by atoms with E-state index in [1.54, 1.807) is 44.9 Å². The number of hydrogen-bond donors (Lipinski definition) is 1. The highest BCUT2D eigenvalue weighted by Gasteiger charge is 2.43. The van der Waals surface area contributed by atoms with Crippen molar-refractivity contribution in [3.63, 3.8) is 0 Å². The van der Waals surface area contributed by atoms with E-state index in [9.17, 15) is 9.59 Å². The molecule has 2 amide bonds. The van der Waals surface area contributed by atoms with Crippen molar-refractivity contribution >= 4 is 11.8 Å². The van der Waals surface area contributed by atoms with Crippen LogP contribution >= 0.6 is 0 Å². The number of nitrogens with zero attached hydrogens (tertiary/aromatic N) is 3. The molecule has 0 aliphatic carbocycles. The van der Waals surface area contributed by atoms with E-state index in [4.69, 9.17) is 0 Å². The molecule has 0 spiro atoms. The summed E-state index contributed by atoms with van der Waals surface area (Å²) in [5.74, 6) is 0.407. The van der Waals surface area contributed by atoms with Crippen molar-refractivity contribution in [2.45, 2.75) is 45.8 Å². The third-order valence-electron chi connectivity index (χ3n) is 3.24. The molecule has 102 valence electrons. The number of nitrogens with one attached hydrogen (secondary N) is 1. The highest BCUT2D eigenvalue weighted by molar-refractivity contribution is 5.99. The second-order valence-electron chi connectivity index (χ2n) is 5.32. The summed E-state index contributed by atoms with van der Waals surface area (Å²) in [5, 5.41) is 2.72.